The van der Waals surface area contributed by atoms with Crippen LogP contribution in [-0.2, 0) is 9.84 Å². The number of fused-ring (bicyclic) bond motifs is 1. The van der Waals surface area contributed by atoms with Gasteiger partial charge in [-0.25, -0.2) is 13.4 Å². The lowest BCUT2D eigenvalue weighted by atomic mass is 10.3. The third-order valence-electron chi connectivity index (χ3n) is 3.00. The number of aromatic nitrogens is 2. The molecule has 19 heavy (non-hydrogen) atoms. The second kappa shape index (κ2) is 4.20. The monoisotopic (exact) mass is 272 g/mol. The topological polar surface area (TPSA) is 52.0 Å². The minimum Gasteiger partial charge on any atom is -0.299 e. The maximum Gasteiger partial charge on any atom is 0.175 e. The van der Waals surface area contributed by atoms with Crippen LogP contribution < -0.4 is 0 Å². The predicted molar refractivity (Wildman–Crippen MR) is 74.2 cm³/mol. The lowest BCUT2D eigenvalue weighted by Crippen LogP contribution is -1.98. The molecule has 96 valence electrons. The molecule has 0 aliphatic heterocycles. The lowest BCUT2D eigenvalue weighted by Gasteiger charge is -2.05. The Morgan fingerprint density at radius 1 is 1.00 bits per heavy atom. The molecule has 0 saturated heterocycles. The molecule has 0 N–H and O–H groups in total. The molecule has 0 spiro atoms. The molecule has 4 nitrogen and oxygen atoms in total. The molecule has 3 aromatic rings. The van der Waals surface area contributed by atoms with Crippen LogP contribution in [0.15, 0.2) is 59.8 Å². The molecule has 0 aliphatic carbocycles. The summed E-state index contributed by atoms with van der Waals surface area (Å²) in [6.07, 6.45) is 2.94. The van der Waals surface area contributed by atoms with Crippen molar-refractivity contribution in [1.82, 2.24) is 9.55 Å². The molecule has 0 bridgehead atoms. The van der Waals surface area contributed by atoms with E-state index in [9.17, 15) is 8.42 Å². The fourth-order valence-corrected chi connectivity index (χ4v) is 2.65. The zero-order valence-corrected chi connectivity index (χ0v) is 11.1. The van der Waals surface area contributed by atoms with Crippen molar-refractivity contribution < 1.29 is 8.42 Å². The van der Waals surface area contributed by atoms with E-state index in [0.717, 1.165) is 16.7 Å². The molecule has 5 heteroatoms. The van der Waals surface area contributed by atoms with Crippen molar-refractivity contribution >= 4 is 20.9 Å². The van der Waals surface area contributed by atoms with Gasteiger partial charge in [0.05, 0.1) is 15.9 Å². The zero-order chi connectivity index (χ0) is 13.5. The molecule has 0 amide bonds. The summed E-state index contributed by atoms with van der Waals surface area (Å²) in [4.78, 5) is 4.63. The van der Waals surface area contributed by atoms with Gasteiger partial charge in [0.25, 0.3) is 0 Å². The summed E-state index contributed by atoms with van der Waals surface area (Å²) in [5.74, 6) is 0. The maximum absolute atomic E-state index is 11.4. The average molecular weight is 272 g/mol. The highest BCUT2D eigenvalue weighted by Gasteiger charge is 2.08. The normalized spacial score (nSPS) is 11.8. The first-order valence-electron chi connectivity index (χ1n) is 5.78. The number of para-hydroxylation sites is 2. The van der Waals surface area contributed by atoms with Gasteiger partial charge < -0.3 is 0 Å². The third kappa shape index (κ3) is 2.13. The van der Waals surface area contributed by atoms with Crippen LogP contribution in [-0.4, -0.2) is 24.2 Å². The van der Waals surface area contributed by atoms with Gasteiger partial charge in [-0.2, -0.15) is 0 Å². The Labute approximate surface area is 111 Å². The quantitative estimate of drug-likeness (QED) is 0.720. The highest BCUT2D eigenvalue weighted by molar-refractivity contribution is 7.90. The number of hydrogen-bond acceptors (Lipinski definition) is 3. The van der Waals surface area contributed by atoms with Crippen LogP contribution in [0.25, 0.3) is 16.7 Å². The van der Waals surface area contributed by atoms with E-state index in [1.807, 2.05) is 28.8 Å². The van der Waals surface area contributed by atoms with Gasteiger partial charge >= 0.3 is 0 Å². The summed E-state index contributed by atoms with van der Waals surface area (Å²) >= 11 is 0. The van der Waals surface area contributed by atoms with Gasteiger partial charge in [-0.1, -0.05) is 12.1 Å². The molecule has 0 aliphatic rings. The van der Waals surface area contributed by atoms with Crippen molar-refractivity contribution in [1.29, 1.82) is 0 Å². The van der Waals surface area contributed by atoms with Gasteiger partial charge in [0.15, 0.2) is 9.84 Å². The van der Waals surface area contributed by atoms with E-state index >= 15 is 0 Å². The van der Waals surface area contributed by atoms with Crippen LogP contribution in [0.5, 0.6) is 0 Å². The van der Waals surface area contributed by atoms with Crippen molar-refractivity contribution in [2.45, 2.75) is 4.90 Å². The number of hydrogen-bond donors (Lipinski definition) is 0. The van der Waals surface area contributed by atoms with Crippen LogP contribution >= 0.6 is 0 Å². The van der Waals surface area contributed by atoms with E-state index in [1.165, 1.54) is 6.26 Å². The first kappa shape index (κ1) is 11.9. The molecule has 2 aromatic carbocycles. The molecule has 0 unspecified atom stereocenters. The number of nitrogens with zero attached hydrogens (tertiary/aromatic N) is 2. The van der Waals surface area contributed by atoms with Gasteiger partial charge in [0.1, 0.15) is 6.33 Å². The first-order valence-corrected chi connectivity index (χ1v) is 7.67. The maximum atomic E-state index is 11.4. The molecule has 0 saturated carbocycles. The number of rotatable bonds is 2. The van der Waals surface area contributed by atoms with E-state index in [2.05, 4.69) is 4.98 Å². The Morgan fingerprint density at radius 2 is 1.68 bits per heavy atom. The first-order chi connectivity index (χ1) is 9.05. The minimum absolute atomic E-state index is 0.320. The van der Waals surface area contributed by atoms with Crippen LogP contribution in [0.4, 0.5) is 0 Å². The summed E-state index contributed by atoms with van der Waals surface area (Å²) < 4.78 is 24.8. The molecular formula is C14H12N2O2S. The Balaban J connectivity index is 2.12. The minimum atomic E-state index is -3.16. The van der Waals surface area contributed by atoms with Gasteiger partial charge in [-0.15, -0.1) is 0 Å². The summed E-state index contributed by atoms with van der Waals surface area (Å²) in [7, 11) is -3.16. The fourth-order valence-electron chi connectivity index (χ4n) is 2.02. The highest BCUT2D eigenvalue weighted by atomic mass is 32.2. The van der Waals surface area contributed by atoms with Crippen molar-refractivity contribution in [3.05, 3.63) is 54.9 Å². The Bertz CT molecular complexity index is 833. The fraction of sp³-hybridized carbons (Fsp3) is 0.0714. The van der Waals surface area contributed by atoms with Gasteiger partial charge in [0, 0.05) is 11.9 Å². The largest absolute Gasteiger partial charge is 0.299 e. The summed E-state index contributed by atoms with van der Waals surface area (Å²) in [5.41, 5.74) is 2.80. The van der Waals surface area contributed by atoms with Gasteiger partial charge in [-0.3, -0.25) is 4.57 Å². The second-order valence-corrected chi connectivity index (χ2v) is 6.39. The van der Waals surface area contributed by atoms with E-state index in [0.29, 0.717) is 4.90 Å². The Hall–Kier alpha value is -2.14. The van der Waals surface area contributed by atoms with Gasteiger partial charge in [0.2, 0.25) is 0 Å². The van der Waals surface area contributed by atoms with E-state index in [4.69, 9.17) is 0 Å². The number of benzene rings is 2. The Kier molecular flexibility index (Phi) is 2.64. The average Bonchev–Trinajstić information content (AvgIpc) is 2.82. The third-order valence-corrected chi connectivity index (χ3v) is 4.13. The molecule has 0 atom stereocenters. The predicted octanol–water partition coefficient (Wildman–Crippen LogP) is 2.43. The molecule has 0 radical (unpaired) electrons. The molecular weight excluding hydrogens is 260 g/mol. The van der Waals surface area contributed by atoms with E-state index < -0.39 is 9.84 Å². The van der Waals surface area contributed by atoms with E-state index in [1.54, 1.807) is 30.6 Å². The second-order valence-electron chi connectivity index (χ2n) is 4.37. The van der Waals surface area contributed by atoms with Crippen molar-refractivity contribution in [3.8, 4) is 5.69 Å². The molecule has 1 heterocycles. The molecule has 1 aromatic heterocycles. The van der Waals surface area contributed by atoms with Crippen molar-refractivity contribution in [2.75, 3.05) is 6.26 Å². The summed E-state index contributed by atoms with van der Waals surface area (Å²) in [6.45, 7) is 0. The van der Waals surface area contributed by atoms with Crippen molar-refractivity contribution in [3.63, 3.8) is 0 Å². The standard InChI is InChI=1S/C14H12N2O2S/c1-19(17,18)12-8-6-11(7-9-12)16-10-15-13-4-2-3-5-14(13)16/h2-10H,1H3. The summed E-state index contributed by atoms with van der Waals surface area (Å²) in [5, 5.41) is 0. The van der Waals surface area contributed by atoms with E-state index in [-0.39, 0.29) is 0 Å². The lowest BCUT2D eigenvalue weighted by molar-refractivity contribution is 0.602. The zero-order valence-electron chi connectivity index (χ0n) is 10.3. The Morgan fingerprint density at radius 3 is 2.37 bits per heavy atom. The SMILES string of the molecule is CS(=O)(=O)c1ccc(-n2cnc3ccccc32)cc1. The molecule has 3 rings (SSSR count). The van der Waals surface area contributed by atoms with Crippen LogP contribution in [0, 0.1) is 0 Å². The smallest absolute Gasteiger partial charge is 0.175 e. The van der Waals surface area contributed by atoms with Crippen LogP contribution in [0.2, 0.25) is 0 Å². The number of imidazole rings is 1. The number of sulfone groups is 1. The van der Waals surface area contributed by atoms with Crippen LogP contribution in [0.1, 0.15) is 0 Å². The van der Waals surface area contributed by atoms with Gasteiger partial charge in [-0.05, 0) is 36.4 Å². The van der Waals surface area contributed by atoms with Crippen LogP contribution in [0.3, 0.4) is 0 Å². The molecule has 0 fully saturated rings. The summed E-state index contributed by atoms with van der Waals surface area (Å²) in [6, 6.07) is 14.6. The highest BCUT2D eigenvalue weighted by Crippen LogP contribution is 2.19. The van der Waals surface area contributed by atoms with Crippen molar-refractivity contribution in [2.24, 2.45) is 0 Å².